The van der Waals surface area contributed by atoms with Crippen LogP contribution in [0.5, 0.6) is 0 Å². The van der Waals surface area contributed by atoms with Gasteiger partial charge in [0.1, 0.15) is 5.76 Å². The van der Waals surface area contributed by atoms with Gasteiger partial charge < -0.3 is 5.11 Å². The predicted octanol–water partition coefficient (Wildman–Crippen LogP) is 3.12. The lowest BCUT2D eigenvalue weighted by Gasteiger charge is -2.18. The maximum atomic E-state index is 12.1. The molecule has 0 saturated heterocycles. The monoisotopic (exact) mass is 256 g/mol. The number of carbonyl (C=O) groups excluding carboxylic acids is 2. The number of aliphatic hydroxyl groups is 1. The van der Waals surface area contributed by atoms with Crippen molar-refractivity contribution in [2.45, 2.75) is 26.7 Å². The van der Waals surface area contributed by atoms with Crippen LogP contribution in [0.2, 0.25) is 0 Å². The highest BCUT2D eigenvalue weighted by Crippen LogP contribution is 2.31. The summed E-state index contributed by atoms with van der Waals surface area (Å²) in [5.41, 5.74) is 1.99. The maximum absolute atomic E-state index is 12.1. The van der Waals surface area contributed by atoms with Crippen LogP contribution in [-0.4, -0.2) is 16.7 Å². The molecule has 2 aliphatic rings. The second kappa shape index (κ2) is 5.22. The molecule has 3 heteroatoms. The molecule has 0 atom stereocenters. The number of hydrogen-bond donors (Lipinski definition) is 1. The third-order valence-electron chi connectivity index (χ3n) is 3.13. The van der Waals surface area contributed by atoms with Crippen LogP contribution < -0.4 is 0 Å². The van der Waals surface area contributed by atoms with Gasteiger partial charge >= 0.3 is 0 Å². The molecule has 3 nitrogen and oxygen atoms in total. The van der Waals surface area contributed by atoms with Crippen molar-refractivity contribution >= 4 is 11.6 Å². The normalized spacial score (nSPS) is 18.6. The number of carbonyl (C=O) groups is 2. The van der Waals surface area contributed by atoms with Gasteiger partial charge in [-0.2, -0.15) is 0 Å². The van der Waals surface area contributed by atoms with Crippen molar-refractivity contribution in [2.24, 2.45) is 0 Å². The molecule has 0 spiro atoms. The average Bonchev–Trinajstić information content (AvgIpc) is 2.61. The summed E-state index contributed by atoms with van der Waals surface area (Å²) < 4.78 is 0. The summed E-state index contributed by atoms with van der Waals surface area (Å²) in [5, 5.41) is 10.2. The first-order valence-corrected chi connectivity index (χ1v) is 6.24. The predicted molar refractivity (Wildman–Crippen MR) is 73.6 cm³/mol. The average molecular weight is 256 g/mol. The molecule has 1 N–H and O–H groups in total. The Kier molecular flexibility index (Phi) is 3.65. The first-order valence-electron chi connectivity index (χ1n) is 6.24. The molecule has 2 rings (SSSR count). The third-order valence-corrected chi connectivity index (χ3v) is 3.13. The Morgan fingerprint density at radius 2 is 2.00 bits per heavy atom. The molecule has 0 aliphatic heterocycles. The third kappa shape index (κ3) is 2.50. The first kappa shape index (κ1) is 13.3. The van der Waals surface area contributed by atoms with Crippen LogP contribution in [-0.2, 0) is 9.59 Å². The lowest BCUT2D eigenvalue weighted by Crippen LogP contribution is -2.26. The summed E-state index contributed by atoms with van der Waals surface area (Å²) in [7, 11) is 0. The van der Waals surface area contributed by atoms with E-state index >= 15 is 0 Å². The Hall–Kier alpha value is -2.16. The minimum absolute atomic E-state index is 0.0695. The van der Waals surface area contributed by atoms with E-state index in [0.717, 1.165) is 5.57 Å². The van der Waals surface area contributed by atoms with Gasteiger partial charge in [0.05, 0.1) is 0 Å². The van der Waals surface area contributed by atoms with Gasteiger partial charge in [0.25, 0.3) is 0 Å². The second-order valence-corrected chi connectivity index (χ2v) is 4.83. The molecule has 19 heavy (non-hydrogen) atoms. The molecule has 0 heterocycles. The molecular weight excluding hydrogens is 240 g/mol. The topological polar surface area (TPSA) is 54.4 Å². The highest BCUT2D eigenvalue weighted by Gasteiger charge is 2.34. The summed E-state index contributed by atoms with van der Waals surface area (Å²) in [4.78, 5) is 24.1. The molecular formula is C16H16O3. The van der Waals surface area contributed by atoms with Crippen LogP contribution in [0.1, 0.15) is 26.7 Å². The fourth-order valence-electron chi connectivity index (χ4n) is 2.07. The Labute approximate surface area is 112 Å². The second-order valence-electron chi connectivity index (χ2n) is 4.83. The van der Waals surface area contributed by atoms with Gasteiger partial charge in [-0.25, -0.2) is 0 Å². The summed E-state index contributed by atoms with van der Waals surface area (Å²) in [5.74, 6) is -1.19. The van der Waals surface area contributed by atoms with E-state index < -0.39 is 11.6 Å². The maximum Gasteiger partial charge on any atom is 0.233 e. The lowest BCUT2D eigenvalue weighted by molar-refractivity contribution is -0.132. The van der Waals surface area contributed by atoms with Crippen molar-refractivity contribution in [3.05, 3.63) is 58.4 Å². The zero-order valence-electron chi connectivity index (χ0n) is 11.1. The highest BCUT2D eigenvalue weighted by atomic mass is 16.3. The molecule has 0 fully saturated rings. The molecule has 0 aromatic rings. The Balaban J connectivity index is 2.53. The van der Waals surface area contributed by atoms with Crippen molar-refractivity contribution in [1.29, 1.82) is 0 Å². The van der Waals surface area contributed by atoms with Crippen molar-refractivity contribution in [1.82, 2.24) is 0 Å². The zero-order chi connectivity index (χ0) is 14.0. The molecule has 0 radical (unpaired) electrons. The van der Waals surface area contributed by atoms with Gasteiger partial charge in [0.2, 0.25) is 11.6 Å². The van der Waals surface area contributed by atoms with Gasteiger partial charge in [-0.1, -0.05) is 36.0 Å². The minimum atomic E-state index is -0.597. The van der Waals surface area contributed by atoms with Gasteiger partial charge in [0.15, 0.2) is 0 Å². The SMILES string of the molecule is CC(C)=CCC1=C(O)C2=CC=CCC=C2C(=O)C1=O. The van der Waals surface area contributed by atoms with Gasteiger partial charge in [-0.3, -0.25) is 9.59 Å². The van der Waals surface area contributed by atoms with Crippen molar-refractivity contribution in [2.75, 3.05) is 0 Å². The number of aliphatic hydroxyl groups excluding tert-OH is 1. The minimum Gasteiger partial charge on any atom is -0.507 e. The van der Waals surface area contributed by atoms with E-state index in [-0.39, 0.29) is 17.8 Å². The standard InChI is InChI=1S/C16H16O3/c1-10(2)8-9-13-14(17)11-6-4-3-5-7-12(11)15(18)16(13)19/h3-4,6-8,17H,5,9H2,1-2H3. The molecule has 0 bridgehead atoms. The largest absolute Gasteiger partial charge is 0.507 e. The van der Waals surface area contributed by atoms with Crippen LogP contribution in [0.15, 0.2) is 58.4 Å². The Morgan fingerprint density at radius 1 is 1.26 bits per heavy atom. The molecule has 0 unspecified atom stereocenters. The summed E-state index contributed by atoms with van der Waals surface area (Å²) in [6, 6.07) is 0. The molecule has 98 valence electrons. The Bertz CT molecular complexity index is 591. The number of allylic oxidation sites excluding steroid dienone is 8. The number of rotatable bonds is 2. The number of hydrogen-bond acceptors (Lipinski definition) is 3. The van der Waals surface area contributed by atoms with E-state index in [1.54, 1.807) is 18.2 Å². The number of fused-ring (bicyclic) bond motifs is 1. The van der Waals surface area contributed by atoms with Gasteiger partial charge in [0, 0.05) is 16.7 Å². The fourth-order valence-corrected chi connectivity index (χ4v) is 2.07. The van der Waals surface area contributed by atoms with Crippen LogP contribution in [0, 0.1) is 0 Å². The van der Waals surface area contributed by atoms with Gasteiger partial charge in [-0.05, 0) is 26.7 Å². The van der Waals surface area contributed by atoms with E-state index in [1.165, 1.54) is 0 Å². The lowest BCUT2D eigenvalue weighted by atomic mass is 9.84. The van der Waals surface area contributed by atoms with Gasteiger partial charge in [-0.15, -0.1) is 0 Å². The van der Waals surface area contributed by atoms with Crippen molar-refractivity contribution in [3.63, 3.8) is 0 Å². The van der Waals surface area contributed by atoms with Crippen LogP contribution in [0.4, 0.5) is 0 Å². The summed E-state index contributed by atoms with van der Waals surface area (Å²) >= 11 is 0. The molecule has 0 aromatic heterocycles. The van der Waals surface area contributed by atoms with Crippen molar-refractivity contribution in [3.8, 4) is 0 Å². The molecule has 0 saturated carbocycles. The van der Waals surface area contributed by atoms with E-state index in [4.69, 9.17) is 0 Å². The highest BCUT2D eigenvalue weighted by molar-refractivity contribution is 6.51. The van der Waals surface area contributed by atoms with E-state index in [1.807, 2.05) is 26.0 Å². The number of Topliss-reactive ketones (excluding diaryl/α,β-unsaturated/α-hetero) is 2. The van der Waals surface area contributed by atoms with E-state index in [0.29, 0.717) is 17.6 Å². The van der Waals surface area contributed by atoms with Crippen LogP contribution in [0.3, 0.4) is 0 Å². The Morgan fingerprint density at radius 3 is 2.68 bits per heavy atom. The van der Waals surface area contributed by atoms with Crippen LogP contribution in [0.25, 0.3) is 0 Å². The quantitative estimate of drug-likeness (QED) is 0.610. The van der Waals surface area contributed by atoms with Crippen molar-refractivity contribution < 1.29 is 14.7 Å². The first-order chi connectivity index (χ1) is 9.02. The molecule has 0 amide bonds. The number of ketones is 2. The summed E-state index contributed by atoms with van der Waals surface area (Å²) in [6.45, 7) is 3.82. The molecule has 0 aromatic carbocycles. The van der Waals surface area contributed by atoms with E-state index in [2.05, 4.69) is 0 Å². The summed E-state index contributed by atoms with van der Waals surface area (Å²) in [6.07, 6.45) is 9.73. The van der Waals surface area contributed by atoms with Crippen LogP contribution >= 0.6 is 0 Å². The fraction of sp³-hybridized carbons (Fsp3) is 0.250. The molecule has 2 aliphatic carbocycles. The van der Waals surface area contributed by atoms with E-state index in [9.17, 15) is 14.7 Å². The smallest absolute Gasteiger partial charge is 0.233 e. The zero-order valence-corrected chi connectivity index (χ0v) is 11.1.